The van der Waals surface area contributed by atoms with Crippen molar-refractivity contribution in [1.29, 1.82) is 0 Å². The lowest BCUT2D eigenvalue weighted by molar-refractivity contribution is -0.143. The van der Waals surface area contributed by atoms with Crippen molar-refractivity contribution >= 4 is 18.2 Å². The summed E-state index contributed by atoms with van der Waals surface area (Å²) < 4.78 is 0.345. The third kappa shape index (κ3) is 1.16. The Morgan fingerprint density at radius 1 is 1.79 bits per heavy atom. The van der Waals surface area contributed by atoms with Gasteiger partial charge in [-0.25, -0.2) is 4.98 Å². The zero-order chi connectivity index (χ0) is 10.3. The van der Waals surface area contributed by atoms with Gasteiger partial charge in [0, 0.05) is 11.9 Å². The number of H-pyrrole nitrogens is 1. The van der Waals surface area contributed by atoms with E-state index in [0.29, 0.717) is 16.9 Å². The second-order valence-electron chi connectivity index (χ2n) is 3.73. The molecule has 1 aliphatic rings. The fraction of sp³-hybridized carbons (Fsp3) is 0.444. The molecule has 0 saturated heterocycles. The number of rotatable bonds is 1. The highest BCUT2D eigenvalue weighted by atomic mass is 32.1. The molecule has 74 valence electrons. The van der Waals surface area contributed by atoms with Crippen LogP contribution in [0.1, 0.15) is 24.6 Å². The lowest BCUT2D eigenvalue weighted by atomic mass is 9.88. The van der Waals surface area contributed by atoms with Gasteiger partial charge in [-0.2, -0.15) is 0 Å². The van der Waals surface area contributed by atoms with E-state index in [0.717, 1.165) is 12.0 Å². The molecule has 0 bridgehead atoms. The van der Waals surface area contributed by atoms with Crippen LogP contribution in [0.25, 0.3) is 0 Å². The van der Waals surface area contributed by atoms with Crippen molar-refractivity contribution in [3.63, 3.8) is 0 Å². The van der Waals surface area contributed by atoms with Gasteiger partial charge in [-0.05, 0) is 37.5 Å². The second-order valence-corrected chi connectivity index (χ2v) is 4.11. The average Bonchev–Trinajstić information content (AvgIpc) is 2.46. The molecule has 2 N–H and O–H groups in total. The largest absolute Gasteiger partial charge is 0.481 e. The highest BCUT2D eigenvalue weighted by molar-refractivity contribution is 7.71. The summed E-state index contributed by atoms with van der Waals surface area (Å²) in [4.78, 5) is 17.9. The molecule has 2 rings (SSSR count). The van der Waals surface area contributed by atoms with E-state index in [2.05, 4.69) is 9.97 Å². The van der Waals surface area contributed by atoms with Gasteiger partial charge in [-0.3, -0.25) is 4.79 Å². The van der Waals surface area contributed by atoms with Gasteiger partial charge in [0.15, 0.2) is 4.77 Å². The Morgan fingerprint density at radius 3 is 3.14 bits per heavy atom. The summed E-state index contributed by atoms with van der Waals surface area (Å²) in [7, 11) is 0. The molecule has 0 spiro atoms. The third-order valence-electron chi connectivity index (χ3n) is 2.81. The van der Waals surface area contributed by atoms with Crippen LogP contribution in [-0.2, 0) is 16.6 Å². The number of carboxylic acids is 1. The first-order chi connectivity index (χ1) is 6.54. The van der Waals surface area contributed by atoms with E-state index in [9.17, 15) is 4.79 Å². The number of aromatic nitrogens is 2. The van der Waals surface area contributed by atoms with Gasteiger partial charge in [-0.1, -0.05) is 0 Å². The minimum Gasteiger partial charge on any atom is -0.481 e. The molecule has 0 fully saturated rings. The van der Waals surface area contributed by atoms with Gasteiger partial charge in [0.25, 0.3) is 0 Å². The molecular weight excluding hydrogens is 200 g/mol. The zero-order valence-corrected chi connectivity index (χ0v) is 8.52. The standard InChI is InChI=1S/C9H10N2O2S/c1-9(7(12)13)3-2-5-4-10-8(14)11-6(5)9/h4H,2-3H2,1H3,(H,12,13)(H,10,11,14). The maximum Gasteiger partial charge on any atom is 0.315 e. The molecule has 14 heavy (non-hydrogen) atoms. The first kappa shape index (κ1) is 9.33. The minimum atomic E-state index is -0.828. The van der Waals surface area contributed by atoms with Gasteiger partial charge in [0.05, 0.1) is 0 Å². The Bertz CT molecular complexity index is 454. The number of nitrogens with one attached hydrogen (secondary N) is 1. The molecule has 4 nitrogen and oxygen atoms in total. The van der Waals surface area contributed by atoms with Crippen molar-refractivity contribution in [3.8, 4) is 0 Å². The van der Waals surface area contributed by atoms with Crippen molar-refractivity contribution in [1.82, 2.24) is 9.97 Å². The Labute approximate surface area is 86.0 Å². The Hall–Kier alpha value is -1.23. The molecular formula is C9H10N2O2S. The molecule has 1 atom stereocenters. The van der Waals surface area contributed by atoms with Crippen LogP contribution < -0.4 is 0 Å². The first-order valence-electron chi connectivity index (χ1n) is 4.36. The van der Waals surface area contributed by atoms with E-state index in [-0.39, 0.29) is 0 Å². The van der Waals surface area contributed by atoms with E-state index in [1.165, 1.54) is 0 Å². The molecule has 5 heteroatoms. The number of aliphatic carboxylic acids is 1. The van der Waals surface area contributed by atoms with Crippen molar-refractivity contribution < 1.29 is 9.90 Å². The molecule has 1 aliphatic carbocycles. The molecule has 1 heterocycles. The Morgan fingerprint density at radius 2 is 2.50 bits per heavy atom. The van der Waals surface area contributed by atoms with Crippen LogP contribution in [0, 0.1) is 4.77 Å². The number of nitrogens with zero attached hydrogens (tertiary/aromatic N) is 1. The molecule has 0 radical (unpaired) electrons. The first-order valence-corrected chi connectivity index (χ1v) is 4.77. The maximum atomic E-state index is 11.1. The molecule has 0 saturated carbocycles. The van der Waals surface area contributed by atoms with Crippen molar-refractivity contribution in [2.75, 3.05) is 0 Å². The highest BCUT2D eigenvalue weighted by Gasteiger charge is 2.42. The zero-order valence-electron chi connectivity index (χ0n) is 7.70. The smallest absolute Gasteiger partial charge is 0.315 e. The highest BCUT2D eigenvalue weighted by Crippen LogP contribution is 2.36. The summed E-state index contributed by atoms with van der Waals surface area (Å²) >= 11 is 4.88. The SMILES string of the molecule is CC1(C(=O)O)CCc2cnc(=S)[nH]c21. The predicted molar refractivity (Wildman–Crippen MR) is 52.7 cm³/mol. The van der Waals surface area contributed by atoms with E-state index in [4.69, 9.17) is 17.3 Å². The monoisotopic (exact) mass is 210 g/mol. The fourth-order valence-electron chi connectivity index (χ4n) is 1.83. The summed E-state index contributed by atoms with van der Waals surface area (Å²) in [6.45, 7) is 1.71. The summed E-state index contributed by atoms with van der Waals surface area (Å²) in [5.41, 5.74) is 0.847. The van der Waals surface area contributed by atoms with E-state index in [1.807, 2.05) is 0 Å². The summed E-state index contributed by atoms with van der Waals surface area (Å²) in [5.74, 6) is -0.812. The van der Waals surface area contributed by atoms with Gasteiger partial charge >= 0.3 is 5.97 Å². The van der Waals surface area contributed by atoms with Crippen LogP contribution in [0.4, 0.5) is 0 Å². The maximum absolute atomic E-state index is 11.1. The van der Waals surface area contributed by atoms with Crippen LogP contribution in [0.3, 0.4) is 0 Å². The molecule has 1 unspecified atom stereocenters. The van der Waals surface area contributed by atoms with Crippen LogP contribution >= 0.6 is 12.2 Å². The number of hydrogen-bond donors (Lipinski definition) is 2. The lowest BCUT2D eigenvalue weighted by Gasteiger charge is -2.18. The van der Waals surface area contributed by atoms with Crippen LogP contribution in [0.2, 0.25) is 0 Å². The van der Waals surface area contributed by atoms with Crippen molar-refractivity contribution in [2.45, 2.75) is 25.2 Å². The topological polar surface area (TPSA) is 66.0 Å². The second kappa shape index (κ2) is 2.88. The molecule has 0 aliphatic heterocycles. The number of carbonyl (C=O) groups is 1. The molecule has 1 aromatic heterocycles. The molecule has 0 aromatic carbocycles. The van der Waals surface area contributed by atoms with Gasteiger partial charge in [0.1, 0.15) is 5.41 Å². The van der Waals surface area contributed by atoms with Crippen LogP contribution in [0.5, 0.6) is 0 Å². The van der Waals surface area contributed by atoms with E-state index >= 15 is 0 Å². The number of hydrogen-bond acceptors (Lipinski definition) is 3. The number of aryl methyl sites for hydroxylation is 1. The summed E-state index contributed by atoms with van der Waals surface area (Å²) in [6, 6.07) is 0. The predicted octanol–water partition coefficient (Wildman–Crippen LogP) is 1.43. The normalized spacial score (nSPS) is 24.6. The van der Waals surface area contributed by atoms with Crippen molar-refractivity contribution in [3.05, 3.63) is 22.2 Å². The number of aromatic amines is 1. The van der Waals surface area contributed by atoms with Gasteiger partial charge < -0.3 is 10.1 Å². The fourth-order valence-corrected chi connectivity index (χ4v) is 1.98. The minimum absolute atomic E-state index is 0.345. The molecule has 1 aromatic rings. The Balaban J connectivity index is 2.63. The quantitative estimate of drug-likeness (QED) is 0.688. The van der Waals surface area contributed by atoms with Crippen molar-refractivity contribution in [2.24, 2.45) is 0 Å². The van der Waals surface area contributed by atoms with Crippen LogP contribution in [0.15, 0.2) is 6.20 Å². The Kier molecular flexibility index (Phi) is 1.92. The van der Waals surface area contributed by atoms with Crippen LogP contribution in [-0.4, -0.2) is 21.0 Å². The third-order valence-corrected chi connectivity index (χ3v) is 3.02. The summed E-state index contributed by atoms with van der Waals surface area (Å²) in [6.07, 6.45) is 3.02. The van der Waals surface area contributed by atoms with E-state index in [1.54, 1.807) is 13.1 Å². The lowest BCUT2D eigenvalue weighted by Crippen LogP contribution is -2.30. The van der Waals surface area contributed by atoms with E-state index < -0.39 is 11.4 Å². The van der Waals surface area contributed by atoms with Gasteiger partial charge in [-0.15, -0.1) is 0 Å². The number of fused-ring (bicyclic) bond motifs is 1. The molecule has 0 amide bonds. The average molecular weight is 210 g/mol. The summed E-state index contributed by atoms with van der Waals surface area (Å²) in [5, 5.41) is 9.14. The van der Waals surface area contributed by atoms with Gasteiger partial charge in [0.2, 0.25) is 0 Å². The number of carboxylic acid groups (broad SMARTS) is 1.